The van der Waals surface area contributed by atoms with E-state index in [1.54, 1.807) is 18.9 Å². The van der Waals surface area contributed by atoms with Crippen LogP contribution in [0.1, 0.15) is 10.8 Å². The first-order valence-electron chi connectivity index (χ1n) is 6.63. The first-order valence-corrected chi connectivity index (χ1v) is 8.30. The second-order valence-corrected chi connectivity index (χ2v) is 6.74. The van der Waals surface area contributed by atoms with Crippen molar-refractivity contribution in [2.45, 2.75) is 5.25 Å². The molecule has 2 aromatic carbocycles. The van der Waals surface area contributed by atoms with Crippen LogP contribution in [-0.4, -0.2) is 18.8 Å². The van der Waals surface area contributed by atoms with E-state index in [1.807, 2.05) is 24.3 Å². The van der Waals surface area contributed by atoms with Gasteiger partial charge in [-0.3, -0.25) is 4.99 Å². The van der Waals surface area contributed by atoms with E-state index in [2.05, 4.69) is 50.5 Å². The summed E-state index contributed by atoms with van der Waals surface area (Å²) in [6, 6.07) is 16.4. The number of methoxy groups -OCH3 is 1. The van der Waals surface area contributed by atoms with Crippen LogP contribution in [0.5, 0.6) is 5.75 Å². The maximum absolute atomic E-state index is 5.37. The van der Waals surface area contributed by atoms with Crippen LogP contribution in [0.25, 0.3) is 0 Å². The lowest BCUT2D eigenvalue weighted by atomic mass is 10.1. The maximum Gasteiger partial charge on any atom is 0.161 e. The predicted molar refractivity (Wildman–Crippen MR) is 93.4 cm³/mol. The van der Waals surface area contributed by atoms with Crippen LogP contribution >= 0.6 is 27.7 Å². The molecule has 1 aliphatic rings. The number of hydrogen-bond donors (Lipinski definition) is 1. The Morgan fingerprint density at radius 3 is 2.81 bits per heavy atom. The Kier molecular flexibility index (Phi) is 4.51. The molecular formula is C16H15BrN2OS. The summed E-state index contributed by atoms with van der Waals surface area (Å²) < 4.78 is 6.38. The van der Waals surface area contributed by atoms with Gasteiger partial charge in [0, 0.05) is 4.47 Å². The molecule has 0 fully saturated rings. The SMILES string of the molecule is COc1ccc(Br)cc1NC1=NCC(c2ccccc2)S1. The van der Waals surface area contributed by atoms with Gasteiger partial charge in [-0.05, 0) is 23.8 Å². The van der Waals surface area contributed by atoms with E-state index in [4.69, 9.17) is 4.74 Å². The van der Waals surface area contributed by atoms with Crippen molar-refractivity contribution in [2.75, 3.05) is 19.0 Å². The summed E-state index contributed by atoms with van der Waals surface area (Å²) in [6.07, 6.45) is 0. The van der Waals surface area contributed by atoms with Crippen LogP contribution in [0.3, 0.4) is 0 Å². The summed E-state index contributed by atoms with van der Waals surface area (Å²) in [4.78, 5) is 4.59. The molecule has 0 spiro atoms. The quantitative estimate of drug-likeness (QED) is 0.857. The van der Waals surface area contributed by atoms with Crippen molar-refractivity contribution in [3.8, 4) is 5.75 Å². The number of benzene rings is 2. The fourth-order valence-electron chi connectivity index (χ4n) is 2.18. The van der Waals surface area contributed by atoms with Gasteiger partial charge in [-0.1, -0.05) is 58.0 Å². The van der Waals surface area contributed by atoms with Crippen LogP contribution in [-0.2, 0) is 0 Å². The van der Waals surface area contributed by atoms with Gasteiger partial charge in [0.1, 0.15) is 5.75 Å². The molecule has 1 unspecified atom stereocenters. The van der Waals surface area contributed by atoms with Crippen LogP contribution in [0.4, 0.5) is 5.69 Å². The molecule has 1 aliphatic heterocycles. The number of aliphatic imine (C=N–C) groups is 1. The zero-order valence-electron chi connectivity index (χ0n) is 11.5. The lowest BCUT2D eigenvalue weighted by Crippen LogP contribution is -2.06. The minimum Gasteiger partial charge on any atom is -0.495 e. The number of rotatable bonds is 3. The molecule has 0 aliphatic carbocycles. The highest BCUT2D eigenvalue weighted by molar-refractivity contribution is 9.10. The lowest BCUT2D eigenvalue weighted by molar-refractivity contribution is 0.417. The van der Waals surface area contributed by atoms with Crippen molar-refractivity contribution in [1.29, 1.82) is 0 Å². The van der Waals surface area contributed by atoms with Gasteiger partial charge in [-0.2, -0.15) is 0 Å². The number of nitrogens with zero attached hydrogens (tertiary/aromatic N) is 1. The molecule has 0 amide bonds. The third-order valence-electron chi connectivity index (χ3n) is 3.23. The molecule has 1 atom stereocenters. The van der Waals surface area contributed by atoms with Gasteiger partial charge >= 0.3 is 0 Å². The highest BCUT2D eigenvalue weighted by atomic mass is 79.9. The normalized spacial score (nSPS) is 17.4. The molecule has 0 saturated carbocycles. The van der Waals surface area contributed by atoms with Gasteiger partial charge in [-0.25, -0.2) is 0 Å². The van der Waals surface area contributed by atoms with E-state index in [9.17, 15) is 0 Å². The van der Waals surface area contributed by atoms with Crippen molar-refractivity contribution in [3.05, 3.63) is 58.6 Å². The number of ether oxygens (including phenoxy) is 1. The molecule has 5 heteroatoms. The van der Waals surface area contributed by atoms with E-state index < -0.39 is 0 Å². The minimum absolute atomic E-state index is 0.381. The summed E-state index contributed by atoms with van der Waals surface area (Å²) >= 11 is 5.23. The van der Waals surface area contributed by atoms with Crippen LogP contribution in [0.15, 0.2) is 58.0 Å². The van der Waals surface area contributed by atoms with Crippen molar-refractivity contribution < 1.29 is 4.74 Å². The molecule has 0 bridgehead atoms. The number of halogens is 1. The molecule has 21 heavy (non-hydrogen) atoms. The van der Waals surface area contributed by atoms with E-state index >= 15 is 0 Å². The lowest BCUT2D eigenvalue weighted by Gasteiger charge is -2.12. The molecule has 0 radical (unpaired) electrons. The molecule has 3 rings (SSSR count). The third kappa shape index (κ3) is 3.41. The van der Waals surface area contributed by atoms with Crippen LogP contribution in [0, 0.1) is 0 Å². The topological polar surface area (TPSA) is 33.6 Å². The Bertz CT molecular complexity index is 661. The zero-order chi connectivity index (χ0) is 14.7. The number of nitrogens with one attached hydrogen (secondary N) is 1. The Labute approximate surface area is 136 Å². The Balaban J connectivity index is 1.72. The van der Waals surface area contributed by atoms with Gasteiger partial charge in [0.25, 0.3) is 0 Å². The van der Waals surface area contributed by atoms with E-state index in [0.29, 0.717) is 5.25 Å². The van der Waals surface area contributed by atoms with Gasteiger partial charge in [0.15, 0.2) is 5.17 Å². The number of thioether (sulfide) groups is 1. The third-order valence-corrected chi connectivity index (χ3v) is 4.88. The maximum atomic E-state index is 5.37. The summed E-state index contributed by atoms with van der Waals surface area (Å²) in [5.74, 6) is 0.810. The second-order valence-electron chi connectivity index (χ2n) is 4.63. The first kappa shape index (κ1) is 14.5. The van der Waals surface area contributed by atoms with Crippen molar-refractivity contribution >= 4 is 38.5 Å². The molecule has 3 nitrogen and oxygen atoms in total. The van der Waals surface area contributed by atoms with Crippen molar-refractivity contribution in [2.24, 2.45) is 4.99 Å². The largest absolute Gasteiger partial charge is 0.495 e. The summed E-state index contributed by atoms with van der Waals surface area (Å²) in [5.41, 5.74) is 2.23. The minimum atomic E-state index is 0.381. The van der Waals surface area contributed by atoms with Gasteiger partial charge in [0.05, 0.1) is 24.6 Å². The average Bonchev–Trinajstić information content (AvgIpc) is 2.97. The molecule has 108 valence electrons. The molecule has 0 saturated heterocycles. The fraction of sp³-hybridized carbons (Fsp3) is 0.188. The standard InChI is InChI=1S/C16H15BrN2OS/c1-20-14-8-7-12(17)9-13(14)19-16-18-10-15(21-16)11-5-3-2-4-6-11/h2-9,15H,10H2,1H3,(H,18,19). The number of amidine groups is 1. The zero-order valence-corrected chi connectivity index (χ0v) is 13.9. The Hall–Kier alpha value is -1.46. The smallest absolute Gasteiger partial charge is 0.161 e. The van der Waals surface area contributed by atoms with Gasteiger partial charge in [-0.15, -0.1) is 0 Å². The first-order chi connectivity index (χ1) is 10.3. The average molecular weight is 363 g/mol. The highest BCUT2D eigenvalue weighted by Crippen LogP contribution is 2.37. The molecular weight excluding hydrogens is 348 g/mol. The molecule has 1 heterocycles. The predicted octanol–water partition coefficient (Wildman–Crippen LogP) is 4.71. The van der Waals surface area contributed by atoms with E-state index in [-0.39, 0.29) is 0 Å². The van der Waals surface area contributed by atoms with Crippen LogP contribution < -0.4 is 10.1 Å². The second kappa shape index (κ2) is 6.54. The van der Waals surface area contributed by atoms with Gasteiger partial charge in [0.2, 0.25) is 0 Å². The van der Waals surface area contributed by atoms with E-state index in [0.717, 1.165) is 27.6 Å². The van der Waals surface area contributed by atoms with Gasteiger partial charge < -0.3 is 10.1 Å². The van der Waals surface area contributed by atoms with Crippen molar-refractivity contribution in [3.63, 3.8) is 0 Å². The monoisotopic (exact) mass is 362 g/mol. The molecule has 0 aromatic heterocycles. The summed E-state index contributed by atoms with van der Waals surface area (Å²) in [7, 11) is 1.67. The highest BCUT2D eigenvalue weighted by Gasteiger charge is 2.21. The van der Waals surface area contributed by atoms with E-state index in [1.165, 1.54) is 5.56 Å². The summed E-state index contributed by atoms with van der Waals surface area (Å²) in [5, 5.41) is 4.67. The van der Waals surface area contributed by atoms with Crippen molar-refractivity contribution in [1.82, 2.24) is 0 Å². The van der Waals surface area contributed by atoms with Crippen LogP contribution in [0.2, 0.25) is 0 Å². The molecule has 1 N–H and O–H groups in total. The Morgan fingerprint density at radius 2 is 2.05 bits per heavy atom. The number of hydrogen-bond acceptors (Lipinski definition) is 4. The fourth-order valence-corrected chi connectivity index (χ4v) is 3.57. The Morgan fingerprint density at radius 1 is 1.24 bits per heavy atom. The number of anilines is 1. The molecule has 2 aromatic rings. The summed E-state index contributed by atoms with van der Waals surface area (Å²) in [6.45, 7) is 0.799.